The van der Waals surface area contributed by atoms with Crippen molar-refractivity contribution >= 4 is 11.8 Å². The standard InChI is InChI=1S/C15H30N2S/c1-16-12-15(8-5-3-4-6-9-15)13-17(2)14-7-10-18-11-14/h14,16H,3-13H2,1-2H3. The van der Waals surface area contributed by atoms with Gasteiger partial charge in [-0.1, -0.05) is 25.7 Å². The van der Waals surface area contributed by atoms with E-state index in [0.717, 1.165) is 6.04 Å². The number of rotatable bonds is 5. The van der Waals surface area contributed by atoms with Crippen LogP contribution in [0.25, 0.3) is 0 Å². The second-order valence-corrected chi connectivity index (χ2v) is 7.53. The Hall–Kier alpha value is 0.270. The molecule has 0 bridgehead atoms. The van der Waals surface area contributed by atoms with Crippen molar-refractivity contribution < 1.29 is 0 Å². The predicted octanol–water partition coefficient (Wildman–Crippen LogP) is 2.98. The van der Waals surface area contributed by atoms with Crippen LogP contribution in [-0.4, -0.2) is 49.6 Å². The lowest BCUT2D eigenvalue weighted by Gasteiger charge is -2.38. The number of thioether (sulfide) groups is 1. The molecule has 1 aliphatic heterocycles. The van der Waals surface area contributed by atoms with Crippen molar-refractivity contribution in [3.05, 3.63) is 0 Å². The Kier molecular flexibility index (Phi) is 5.84. The molecule has 2 rings (SSSR count). The van der Waals surface area contributed by atoms with Gasteiger partial charge in [-0.05, 0) is 44.5 Å². The minimum Gasteiger partial charge on any atom is -0.319 e. The summed E-state index contributed by atoms with van der Waals surface area (Å²) >= 11 is 2.13. The largest absolute Gasteiger partial charge is 0.319 e. The van der Waals surface area contributed by atoms with Crippen LogP contribution in [0.4, 0.5) is 0 Å². The Morgan fingerprint density at radius 2 is 1.94 bits per heavy atom. The third-order valence-corrected chi connectivity index (χ3v) is 5.97. The Bertz CT molecular complexity index is 231. The topological polar surface area (TPSA) is 15.3 Å². The molecule has 106 valence electrons. The molecule has 1 heterocycles. The Morgan fingerprint density at radius 1 is 1.22 bits per heavy atom. The van der Waals surface area contributed by atoms with Crippen molar-refractivity contribution in [3.8, 4) is 0 Å². The molecule has 1 N–H and O–H groups in total. The van der Waals surface area contributed by atoms with Gasteiger partial charge in [-0.2, -0.15) is 11.8 Å². The van der Waals surface area contributed by atoms with E-state index >= 15 is 0 Å². The minimum absolute atomic E-state index is 0.549. The highest BCUT2D eigenvalue weighted by molar-refractivity contribution is 7.99. The third kappa shape index (κ3) is 3.88. The zero-order chi connectivity index (χ0) is 12.8. The summed E-state index contributed by atoms with van der Waals surface area (Å²) < 4.78 is 0. The van der Waals surface area contributed by atoms with Crippen LogP contribution in [0.2, 0.25) is 0 Å². The van der Waals surface area contributed by atoms with Crippen molar-refractivity contribution in [2.24, 2.45) is 5.41 Å². The van der Waals surface area contributed by atoms with Crippen LogP contribution in [0.15, 0.2) is 0 Å². The van der Waals surface area contributed by atoms with Gasteiger partial charge in [0.25, 0.3) is 0 Å². The summed E-state index contributed by atoms with van der Waals surface area (Å²) in [4.78, 5) is 2.67. The molecule has 2 fully saturated rings. The van der Waals surface area contributed by atoms with Crippen LogP contribution in [0.5, 0.6) is 0 Å². The van der Waals surface area contributed by atoms with Crippen LogP contribution >= 0.6 is 11.8 Å². The summed E-state index contributed by atoms with van der Waals surface area (Å²) in [5, 5.41) is 3.47. The van der Waals surface area contributed by atoms with Gasteiger partial charge in [0.05, 0.1) is 0 Å². The van der Waals surface area contributed by atoms with E-state index in [1.54, 1.807) is 0 Å². The normalized spacial score (nSPS) is 28.5. The summed E-state index contributed by atoms with van der Waals surface area (Å²) in [6.45, 7) is 2.51. The van der Waals surface area contributed by atoms with E-state index in [1.165, 1.54) is 69.5 Å². The Balaban J connectivity index is 1.94. The van der Waals surface area contributed by atoms with Crippen LogP contribution in [-0.2, 0) is 0 Å². The summed E-state index contributed by atoms with van der Waals surface area (Å²) in [6.07, 6.45) is 10.0. The van der Waals surface area contributed by atoms with Crippen LogP contribution < -0.4 is 5.32 Å². The van der Waals surface area contributed by atoms with E-state index in [1.807, 2.05) is 0 Å². The summed E-state index contributed by atoms with van der Waals surface area (Å²) in [7, 11) is 4.48. The number of hydrogen-bond acceptors (Lipinski definition) is 3. The fourth-order valence-corrected chi connectivity index (χ4v) is 5.07. The fourth-order valence-electron chi connectivity index (χ4n) is 3.77. The van der Waals surface area contributed by atoms with Crippen LogP contribution in [0, 0.1) is 5.41 Å². The van der Waals surface area contributed by atoms with Gasteiger partial charge in [-0.3, -0.25) is 0 Å². The molecule has 1 saturated heterocycles. The van der Waals surface area contributed by atoms with Crippen molar-refractivity contribution in [2.75, 3.05) is 38.7 Å². The first-order valence-corrected chi connectivity index (χ1v) is 8.84. The smallest absolute Gasteiger partial charge is 0.0191 e. The van der Waals surface area contributed by atoms with Gasteiger partial charge in [0.15, 0.2) is 0 Å². The monoisotopic (exact) mass is 270 g/mol. The van der Waals surface area contributed by atoms with E-state index in [0.29, 0.717) is 5.41 Å². The highest BCUT2D eigenvalue weighted by Gasteiger charge is 2.33. The molecule has 2 nitrogen and oxygen atoms in total. The minimum atomic E-state index is 0.549. The molecule has 1 atom stereocenters. The van der Waals surface area contributed by atoms with Gasteiger partial charge in [0, 0.05) is 24.9 Å². The van der Waals surface area contributed by atoms with Gasteiger partial charge in [0.1, 0.15) is 0 Å². The third-order valence-electron chi connectivity index (χ3n) is 4.83. The molecule has 1 aliphatic carbocycles. The van der Waals surface area contributed by atoms with E-state index in [-0.39, 0.29) is 0 Å². The average Bonchev–Trinajstić information content (AvgIpc) is 2.79. The maximum absolute atomic E-state index is 3.47. The Labute approximate surface area is 117 Å². The first-order valence-electron chi connectivity index (χ1n) is 7.68. The highest BCUT2D eigenvalue weighted by atomic mass is 32.2. The first-order chi connectivity index (χ1) is 8.76. The van der Waals surface area contributed by atoms with E-state index in [9.17, 15) is 0 Å². The number of nitrogens with one attached hydrogen (secondary N) is 1. The SMILES string of the molecule is CNCC1(CN(C)C2CCSC2)CCCCCC1. The van der Waals surface area contributed by atoms with E-state index < -0.39 is 0 Å². The maximum atomic E-state index is 3.47. The average molecular weight is 270 g/mol. The molecule has 3 heteroatoms. The molecule has 1 saturated carbocycles. The molecule has 0 aromatic carbocycles. The highest BCUT2D eigenvalue weighted by Crippen LogP contribution is 2.36. The van der Waals surface area contributed by atoms with E-state index in [2.05, 4.69) is 36.1 Å². The maximum Gasteiger partial charge on any atom is 0.0191 e. The predicted molar refractivity (Wildman–Crippen MR) is 82.4 cm³/mol. The van der Waals surface area contributed by atoms with Gasteiger partial charge >= 0.3 is 0 Å². The molecule has 18 heavy (non-hydrogen) atoms. The molecule has 2 aliphatic rings. The number of nitrogens with zero attached hydrogens (tertiary/aromatic N) is 1. The van der Waals surface area contributed by atoms with Gasteiger partial charge in [-0.25, -0.2) is 0 Å². The van der Waals surface area contributed by atoms with Crippen LogP contribution in [0.1, 0.15) is 44.9 Å². The lowest BCUT2D eigenvalue weighted by molar-refractivity contribution is 0.124. The second kappa shape index (κ2) is 7.16. The zero-order valence-corrected chi connectivity index (χ0v) is 13.0. The van der Waals surface area contributed by atoms with Crippen molar-refractivity contribution in [3.63, 3.8) is 0 Å². The quantitative estimate of drug-likeness (QED) is 0.773. The molecule has 0 radical (unpaired) electrons. The molecule has 0 spiro atoms. The van der Waals surface area contributed by atoms with Gasteiger partial charge in [0.2, 0.25) is 0 Å². The zero-order valence-electron chi connectivity index (χ0n) is 12.2. The second-order valence-electron chi connectivity index (χ2n) is 6.38. The molecular weight excluding hydrogens is 240 g/mol. The number of hydrogen-bond donors (Lipinski definition) is 1. The Morgan fingerprint density at radius 3 is 2.50 bits per heavy atom. The van der Waals surface area contributed by atoms with Gasteiger partial charge < -0.3 is 10.2 Å². The van der Waals surface area contributed by atoms with Crippen LogP contribution in [0.3, 0.4) is 0 Å². The van der Waals surface area contributed by atoms with Crippen molar-refractivity contribution in [1.82, 2.24) is 10.2 Å². The summed E-state index contributed by atoms with van der Waals surface area (Å²) in [5.74, 6) is 2.72. The molecule has 0 aromatic heterocycles. The first kappa shape index (κ1) is 14.7. The lowest BCUT2D eigenvalue weighted by Crippen LogP contribution is -2.45. The van der Waals surface area contributed by atoms with E-state index in [4.69, 9.17) is 0 Å². The fraction of sp³-hybridized carbons (Fsp3) is 1.00. The van der Waals surface area contributed by atoms with Gasteiger partial charge in [-0.15, -0.1) is 0 Å². The van der Waals surface area contributed by atoms with Crippen molar-refractivity contribution in [2.45, 2.75) is 51.0 Å². The van der Waals surface area contributed by atoms with Crippen molar-refractivity contribution in [1.29, 1.82) is 0 Å². The lowest BCUT2D eigenvalue weighted by atomic mass is 9.79. The molecule has 1 unspecified atom stereocenters. The molecule has 0 aromatic rings. The summed E-state index contributed by atoms with van der Waals surface area (Å²) in [6, 6.07) is 0.840. The molecular formula is C15H30N2S. The molecule has 0 amide bonds. The summed E-state index contributed by atoms with van der Waals surface area (Å²) in [5.41, 5.74) is 0.549.